The minimum atomic E-state index is -0.389. The minimum Gasteiger partial charge on any atom is -0.466 e. The van der Waals surface area contributed by atoms with Gasteiger partial charge in [0.15, 0.2) is 11.6 Å². The first-order chi connectivity index (χ1) is 37.0. The fraction of sp³-hybridized carbons (Fsp3) is 0.643. The molecule has 0 fully saturated rings. The molecule has 0 radical (unpaired) electrons. The Morgan fingerprint density at radius 3 is 0.947 bits per heavy atom. The molecule has 2 aromatic rings. The van der Waals surface area contributed by atoms with E-state index in [1.165, 1.54) is 0 Å². The van der Waals surface area contributed by atoms with Crippen molar-refractivity contribution in [3.8, 4) is 0 Å². The molecule has 0 amide bonds. The summed E-state index contributed by atoms with van der Waals surface area (Å²) in [5.41, 5.74) is 2.48. The van der Waals surface area contributed by atoms with Crippen LogP contribution in [0.5, 0.6) is 0 Å². The number of nitrogens with one attached hydrogen (secondary N) is 2. The Labute approximate surface area is 446 Å². The van der Waals surface area contributed by atoms with Crippen molar-refractivity contribution < 1.29 is 86.5 Å². The van der Waals surface area contributed by atoms with E-state index in [1.807, 2.05) is 0 Å². The van der Waals surface area contributed by atoms with E-state index in [0.717, 1.165) is 38.5 Å². The molecule has 0 saturated heterocycles. The number of ether oxygens (including phenoxy) is 8. The van der Waals surface area contributed by atoms with Crippen LogP contribution in [0.4, 0.5) is 11.4 Å². The number of esters is 6. The average molecular weight is 1070 g/mol. The molecule has 424 valence electrons. The number of unbranched alkanes of at least 4 members (excludes halogenated alkanes) is 10. The highest BCUT2D eigenvalue weighted by Gasteiger charge is 2.33. The van der Waals surface area contributed by atoms with Crippen LogP contribution >= 0.6 is 0 Å². The summed E-state index contributed by atoms with van der Waals surface area (Å²) < 4.78 is 41.8. The summed E-state index contributed by atoms with van der Waals surface area (Å²) in [5, 5.41) is 24.2. The first kappa shape index (κ1) is 64.3. The molecule has 3 rings (SSSR count). The van der Waals surface area contributed by atoms with Gasteiger partial charge in [-0.3, -0.25) is 38.4 Å². The third-order valence-corrected chi connectivity index (χ3v) is 11.9. The predicted molar refractivity (Wildman–Crippen MR) is 280 cm³/mol. The molecule has 0 aliphatic heterocycles. The average Bonchev–Trinajstić information content (AvgIpc) is 3.46. The molecule has 0 unspecified atom stereocenters. The molecular weight excluding hydrogens is 989 g/mol. The van der Waals surface area contributed by atoms with E-state index >= 15 is 0 Å². The lowest BCUT2D eigenvalue weighted by Gasteiger charge is -2.24. The number of ketones is 2. The van der Waals surface area contributed by atoms with Gasteiger partial charge < -0.3 is 58.7 Å². The lowest BCUT2D eigenvalue weighted by molar-refractivity contribution is -0.148. The molecule has 0 heterocycles. The Morgan fingerprint density at radius 2 is 0.632 bits per heavy atom. The number of carbonyl (C=O) groups excluding carboxylic acids is 8. The van der Waals surface area contributed by atoms with Crippen LogP contribution in [0.25, 0.3) is 0 Å². The number of fused-ring (bicyclic) bond motifs is 2. The molecular formula is C56H82N2O18. The number of hydrogen-bond donors (Lipinski definition) is 4. The van der Waals surface area contributed by atoms with Crippen LogP contribution in [-0.2, 0) is 66.7 Å². The molecule has 1 aliphatic rings. The Morgan fingerprint density at radius 1 is 0.342 bits per heavy atom. The van der Waals surface area contributed by atoms with Crippen LogP contribution in [0.3, 0.4) is 0 Å². The lowest BCUT2D eigenvalue weighted by Crippen LogP contribution is -2.24. The summed E-state index contributed by atoms with van der Waals surface area (Å²) in [6.07, 6.45) is 11.6. The standard InChI is InChI=1S/C56H82N2O18/c59-31-15-1-5-21-49(63)73-39-35-69-37-41-75-51(65)25-11-9-23-47(61)71-33-17-3-13-29-57-45-27-28-46(54-53(45)55(67)43-19-7-8-20-44(43)56(54)68)58-30-14-4-18-34-72-48(62)24-10-12-26-52(66)76-42-38-70-36-40-74-50(64)22-6-2-16-32-60/h7-8,19-20,27-28,57-60H,1-6,9-18,21-26,29-42H2. The molecule has 76 heavy (non-hydrogen) atoms. The van der Waals surface area contributed by atoms with Crippen molar-refractivity contribution in [2.24, 2.45) is 0 Å². The maximum absolute atomic E-state index is 13.9. The molecule has 4 N–H and O–H groups in total. The van der Waals surface area contributed by atoms with Gasteiger partial charge in [-0.05, 0) is 102 Å². The lowest BCUT2D eigenvalue weighted by atomic mass is 9.82. The van der Waals surface area contributed by atoms with E-state index in [9.17, 15) is 38.4 Å². The predicted octanol–water partition coefficient (Wildman–Crippen LogP) is 7.15. The Kier molecular flexibility index (Phi) is 34.9. The van der Waals surface area contributed by atoms with Gasteiger partial charge in [0.25, 0.3) is 0 Å². The van der Waals surface area contributed by atoms with Gasteiger partial charge >= 0.3 is 35.8 Å². The molecule has 20 nitrogen and oxygen atoms in total. The molecule has 0 spiro atoms. The maximum Gasteiger partial charge on any atom is 0.305 e. The molecule has 0 atom stereocenters. The zero-order valence-electron chi connectivity index (χ0n) is 44.3. The topological polar surface area (TPSA) is 275 Å². The highest BCUT2D eigenvalue weighted by Crippen LogP contribution is 2.36. The van der Waals surface area contributed by atoms with E-state index in [2.05, 4.69) is 10.6 Å². The zero-order chi connectivity index (χ0) is 54.9. The second-order valence-corrected chi connectivity index (χ2v) is 18.1. The van der Waals surface area contributed by atoms with Crippen molar-refractivity contribution in [1.82, 2.24) is 0 Å². The van der Waals surface area contributed by atoms with Gasteiger partial charge in [0.1, 0.15) is 26.4 Å². The SMILES string of the molecule is O=C(CCCCC(=O)OCCOCCOC(=O)CCCCCO)OCCCCCNc1ccc(NCCCCCOC(=O)CCCCC(=O)OCCOCCOC(=O)CCCCCO)c2c1C(=O)c1ccccc1C2=O. The molecule has 20 heteroatoms. The second-order valence-electron chi connectivity index (χ2n) is 18.1. The van der Waals surface area contributed by atoms with Crippen LogP contribution in [0, 0.1) is 0 Å². The largest absolute Gasteiger partial charge is 0.466 e. The Bertz CT molecular complexity index is 1920. The van der Waals surface area contributed by atoms with Gasteiger partial charge in [0.2, 0.25) is 0 Å². The number of aliphatic hydroxyl groups is 2. The first-order valence-electron chi connectivity index (χ1n) is 27.2. The third-order valence-electron chi connectivity index (χ3n) is 11.9. The quantitative estimate of drug-likeness (QED) is 0.0248. The molecule has 2 aromatic carbocycles. The van der Waals surface area contributed by atoms with Gasteiger partial charge in [0.05, 0.1) is 50.8 Å². The van der Waals surface area contributed by atoms with Crippen LogP contribution in [-0.4, -0.2) is 150 Å². The zero-order valence-corrected chi connectivity index (χ0v) is 44.3. The van der Waals surface area contributed by atoms with Crippen LogP contribution in [0.1, 0.15) is 173 Å². The fourth-order valence-corrected chi connectivity index (χ4v) is 7.83. The van der Waals surface area contributed by atoms with Gasteiger partial charge in [-0.15, -0.1) is 0 Å². The molecule has 0 saturated carbocycles. The third kappa shape index (κ3) is 28.3. The summed E-state index contributed by atoms with van der Waals surface area (Å²) in [7, 11) is 0. The van der Waals surface area contributed by atoms with Gasteiger partial charge in [-0.2, -0.15) is 0 Å². The molecule has 0 aromatic heterocycles. The number of hydrogen-bond acceptors (Lipinski definition) is 20. The number of carbonyl (C=O) groups is 8. The van der Waals surface area contributed by atoms with Gasteiger partial charge in [-0.1, -0.05) is 37.1 Å². The van der Waals surface area contributed by atoms with Crippen LogP contribution < -0.4 is 10.6 Å². The number of rotatable bonds is 46. The number of benzene rings is 2. The monoisotopic (exact) mass is 1070 g/mol. The summed E-state index contributed by atoms with van der Waals surface area (Å²) in [6.45, 7) is 2.91. The fourth-order valence-electron chi connectivity index (χ4n) is 7.83. The second kappa shape index (κ2) is 41.2. The first-order valence-corrected chi connectivity index (χ1v) is 27.2. The molecule has 1 aliphatic carbocycles. The normalized spacial score (nSPS) is 11.6. The van der Waals surface area contributed by atoms with Crippen molar-refractivity contribution in [3.63, 3.8) is 0 Å². The molecule has 0 bridgehead atoms. The smallest absolute Gasteiger partial charge is 0.305 e. The Hall–Kier alpha value is -5.96. The van der Waals surface area contributed by atoms with Crippen LogP contribution in [0.15, 0.2) is 36.4 Å². The summed E-state index contributed by atoms with van der Waals surface area (Å²) in [6, 6.07) is 10.4. The van der Waals surface area contributed by atoms with Crippen LogP contribution in [0.2, 0.25) is 0 Å². The van der Waals surface area contributed by atoms with E-state index in [0.29, 0.717) is 124 Å². The maximum atomic E-state index is 13.9. The van der Waals surface area contributed by atoms with E-state index in [-0.39, 0.29) is 152 Å². The van der Waals surface area contributed by atoms with E-state index < -0.39 is 0 Å². The van der Waals surface area contributed by atoms with Crippen molar-refractivity contribution in [2.45, 2.75) is 141 Å². The number of aliphatic hydroxyl groups excluding tert-OH is 2. The van der Waals surface area contributed by atoms with E-state index in [4.69, 9.17) is 48.1 Å². The van der Waals surface area contributed by atoms with Crippen molar-refractivity contribution >= 4 is 58.8 Å². The van der Waals surface area contributed by atoms with Gasteiger partial charge in [-0.25, -0.2) is 0 Å². The van der Waals surface area contributed by atoms with E-state index in [1.54, 1.807) is 36.4 Å². The summed E-state index contributed by atoms with van der Waals surface area (Å²) in [5.74, 6) is -2.54. The minimum absolute atomic E-state index is 0.0754. The highest BCUT2D eigenvalue weighted by atomic mass is 16.6. The number of anilines is 2. The summed E-state index contributed by atoms with van der Waals surface area (Å²) in [4.78, 5) is 99.4. The highest BCUT2D eigenvalue weighted by molar-refractivity contribution is 6.31. The van der Waals surface area contributed by atoms with Crippen molar-refractivity contribution in [3.05, 3.63) is 58.7 Å². The summed E-state index contributed by atoms with van der Waals surface area (Å²) >= 11 is 0. The van der Waals surface area contributed by atoms with Crippen molar-refractivity contribution in [1.29, 1.82) is 0 Å². The van der Waals surface area contributed by atoms with Crippen molar-refractivity contribution in [2.75, 3.05) is 103 Å². The Balaban J connectivity index is 1.23. The van der Waals surface area contributed by atoms with Gasteiger partial charge in [0, 0.05) is 87.3 Å².